The summed E-state index contributed by atoms with van der Waals surface area (Å²) in [5, 5.41) is 76.9. The molecule has 22 heteroatoms. The first-order chi connectivity index (χ1) is 18.6. The maximum atomic E-state index is 12.6. The Hall–Kier alpha value is -1.13. The Bertz CT molecular complexity index is 1000. The van der Waals surface area contributed by atoms with Gasteiger partial charge in [0, 0.05) is 0 Å². The van der Waals surface area contributed by atoms with E-state index in [-0.39, 0.29) is 6.29 Å². The summed E-state index contributed by atoms with van der Waals surface area (Å²) in [6.07, 6.45) is -20.7. The summed E-state index contributed by atoms with van der Waals surface area (Å²) >= 11 is 0. The summed E-state index contributed by atoms with van der Waals surface area (Å²) in [5.41, 5.74) is 13.3. The van der Waals surface area contributed by atoms with Crippen molar-refractivity contribution >= 4 is 21.6 Å². The molecule has 14 atom stereocenters. The summed E-state index contributed by atoms with van der Waals surface area (Å²) < 4.78 is 71.2. The molecule has 0 aromatic carbocycles. The molecule has 232 valence electrons. The van der Waals surface area contributed by atoms with Crippen molar-refractivity contribution in [3.8, 4) is 0 Å². The monoisotopic (exact) mass is 625 g/mol. The Morgan fingerprint density at radius 3 is 2.00 bits per heavy atom. The van der Waals surface area contributed by atoms with Crippen LogP contribution in [0.4, 0.5) is 0 Å². The Morgan fingerprint density at radius 1 is 0.975 bits per heavy atom. The molecule has 2 saturated heterocycles. The van der Waals surface area contributed by atoms with E-state index in [4.69, 9.17) is 36.1 Å². The normalized spacial score (nSPS) is 41.5. The molecule has 2 rings (SSSR count). The molecular formula is C18H33N3O17P2. The molecule has 2 aliphatic rings. The van der Waals surface area contributed by atoms with Crippen LogP contribution in [-0.4, -0.2) is 151 Å². The zero-order chi connectivity index (χ0) is 30.7. The highest BCUT2D eigenvalue weighted by molar-refractivity contribution is 7.38. The average Bonchev–Trinajstić information content (AvgIpc) is 2.93. The number of aldehydes is 1. The molecule has 0 bridgehead atoms. The highest BCUT2D eigenvalue weighted by Gasteiger charge is 2.73. The van der Waals surface area contributed by atoms with E-state index >= 15 is 0 Å². The Labute approximate surface area is 226 Å². The van der Waals surface area contributed by atoms with Crippen molar-refractivity contribution in [2.45, 2.75) is 84.1 Å². The zero-order valence-electron chi connectivity index (χ0n) is 20.5. The first-order valence-electron chi connectivity index (χ1n) is 11.5. The molecule has 0 aromatic rings. The highest BCUT2D eigenvalue weighted by Crippen LogP contribution is 2.55. The minimum absolute atomic E-state index is 0.0474. The molecule has 0 aromatic heterocycles. The lowest BCUT2D eigenvalue weighted by Crippen LogP contribution is -2.76. The number of carbonyl (C=O) groups excluding carboxylic acids is 1. The number of hydrogen-bond donors (Lipinski definition) is 11. The fraction of sp³-hybridized carbons (Fsp3) is 0.944. The van der Waals surface area contributed by atoms with Gasteiger partial charge in [-0.3, -0.25) is 0 Å². The van der Waals surface area contributed by atoms with Gasteiger partial charge in [-0.05, 0) is 0 Å². The van der Waals surface area contributed by atoms with Gasteiger partial charge in [-0.25, -0.2) is 18.3 Å². The van der Waals surface area contributed by atoms with Crippen molar-refractivity contribution in [3.63, 3.8) is 0 Å². The lowest BCUT2D eigenvalue weighted by molar-refractivity contribution is -0.356. The van der Waals surface area contributed by atoms with Gasteiger partial charge >= 0.3 is 20.9 Å². The van der Waals surface area contributed by atoms with Crippen LogP contribution < -0.4 is 17.2 Å². The molecule has 14 N–H and O–H groups in total. The molecule has 20 nitrogen and oxygen atoms in total. The van der Waals surface area contributed by atoms with E-state index in [1.165, 1.54) is 0 Å². The third-order valence-electron chi connectivity index (χ3n) is 6.64. The molecular weight excluding hydrogens is 592 g/mol. The van der Waals surface area contributed by atoms with E-state index in [9.17, 15) is 63.9 Å². The van der Waals surface area contributed by atoms with Crippen LogP contribution in [0.1, 0.15) is 0 Å². The predicted octanol–water partition coefficient (Wildman–Crippen LogP) is -6.83. The van der Waals surface area contributed by atoms with Gasteiger partial charge in [-0.15, -0.1) is 0 Å². The number of nitrogens with two attached hydrogens (primary N) is 3. The Kier molecular flexibility index (Phi) is 12.2. The van der Waals surface area contributed by atoms with Crippen LogP contribution in [0.5, 0.6) is 0 Å². The summed E-state index contributed by atoms with van der Waals surface area (Å²) in [6, 6.07) is -3.49. The molecule has 0 aliphatic carbocycles. The molecule has 0 amide bonds. The second-order valence-corrected chi connectivity index (χ2v) is 11.5. The van der Waals surface area contributed by atoms with Crippen molar-refractivity contribution in [3.05, 3.63) is 0 Å². The molecule has 2 fully saturated rings. The first kappa shape index (κ1) is 35.1. The number of aliphatic hydroxyl groups excluding tert-OH is 8. The summed E-state index contributed by atoms with van der Waals surface area (Å²) in [5.74, 6) is 0. The Balaban J connectivity index is 2.62. The van der Waals surface area contributed by atoms with Crippen molar-refractivity contribution in [1.82, 2.24) is 0 Å². The van der Waals surface area contributed by atoms with Gasteiger partial charge < -0.3 is 81.8 Å². The van der Waals surface area contributed by atoms with E-state index < -0.39 is 119 Å². The van der Waals surface area contributed by atoms with Crippen LogP contribution in [-0.2, 0) is 42.0 Å². The Morgan fingerprint density at radius 2 is 1.55 bits per heavy atom. The van der Waals surface area contributed by atoms with E-state index in [0.29, 0.717) is 0 Å². The van der Waals surface area contributed by atoms with E-state index in [1.807, 2.05) is 0 Å². The molecule has 40 heavy (non-hydrogen) atoms. The van der Waals surface area contributed by atoms with Crippen LogP contribution in [0, 0.1) is 0 Å². The maximum absolute atomic E-state index is 12.6. The van der Waals surface area contributed by atoms with Crippen LogP contribution in [0.3, 0.4) is 0 Å². The topological polar surface area (TPSA) is 362 Å². The quantitative estimate of drug-likeness (QED) is 0.0668. The summed E-state index contributed by atoms with van der Waals surface area (Å²) in [4.78, 5) is 11.1. The van der Waals surface area contributed by atoms with Gasteiger partial charge in [0.25, 0.3) is 0 Å². The second-order valence-electron chi connectivity index (χ2n) is 9.13. The summed E-state index contributed by atoms with van der Waals surface area (Å²) in [6.45, 7) is -3.37. The van der Waals surface area contributed by atoms with Crippen LogP contribution >= 0.6 is 15.4 Å². The van der Waals surface area contributed by atoms with Crippen LogP contribution in [0.25, 0.3) is 0 Å². The fourth-order valence-corrected chi connectivity index (χ4v) is 6.28. The van der Waals surface area contributed by atoms with Gasteiger partial charge in [-0.1, -0.05) is 0 Å². The lowest BCUT2D eigenvalue weighted by atomic mass is 9.94. The number of rotatable bonds is 13. The van der Waals surface area contributed by atoms with Crippen molar-refractivity contribution in [2.75, 3.05) is 19.8 Å². The first-order valence-corrected chi connectivity index (χ1v) is 13.9. The minimum atomic E-state index is -4.44. The molecule has 0 radical (unpaired) electrons. The highest BCUT2D eigenvalue weighted by atomic mass is 31.1. The zero-order valence-corrected chi connectivity index (χ0v) is 22.3. The number of carbonyl (C=O) groups is 1. The predicted molar refractivity (Wildman–Crippen MR) is 123 cm³/mol. The summed E-state index contributed by atoms with van der Waals surface area (Å²) in [7, 11) is -8.80. The molecule has 2 aliphatic heterocycles. The SMILES string of the molecule is N[C@H]1[C@H](O[C@H]2[C@@H](O)[C@@](N)(P(=O)=O)[C@](O[C@@H]([C@H](O)[C@@H](N)C=O)[C@H](O)CO)(P(=O)=O)O[C@@H]2CO)O[C@H](CO)[C@@H](O)[C@@H]1O. The molecule has 0 spiro atoms. The van der Waals surface area contributed by atoms with Gasteiger partial charge in [0.15, 0.2) is 6.29 Å². The third kappa shape index (κ3) is 6.14. The van der Waals surface area contributed by atoms with Gasteiger partial charge in [0.1, 0.15) is 61.2 Å². The maximum Gasteiger partial charge on any atom is 0.380 e. The number of hydrogen-bond acceptors (Lipinski definition) is 20. The van der Waals surface area contributed by atoms with Crippen LogP contribution in [0.15, 0.2) is 0 Å². The van der Waals surface area contributed by atoms with Crippen molar-refractivity contribution in [2.24, 2.45) is 17.2 Å². The van der Waals surface area contributed by atoms with Gasteiger partial charge in [-0.2, -0.15) is 0 Å². The smallest absolute Gasteiger partial charge is 0.380 e. The standard InChI is InChI=1S/C18H33N3O17P2/c19-5(1-22)10(27)13(6(26)2-23)38-18(40(33)34)17(21,39(31)32)15(30)14(8(4-25)37-18)36-16-9(20)12(29)11(28)7(3-24)35-16/h1,5-16,23-30H,2-4,19-21H2/t5-,6+,7+,8+,9+,10+,11+,12+,13+,14+,15+,16-,17+,18-/m0/s1. The number of ether oxygens (including phenoxy) is 4. The fourth-order valence-electron chi connectivity index (χ4n) is 4.23. The third-order valence-corrected chi connectivity index (χ3v) is 9.04. The average molecular weight is 625 g/mol. The van der Waals surface area contributed by atoms with Crippen molar-refractivity contribution in [1.29, 1.82) is 0 Å². The second kappa shape index (κ2) is 13.9. The van der Waals surface area contributed by atoms with Gasteiger partial charge in [0.2, 0.25) is 5.28 Å². The van der Waals surface area contributed by atoms with E-state index in [1.54, 1.807) is 0 Å². The molecule has 0 unspecified atom stereocenters. The molecule has 0 saturated carbocycles. The van der Waals surface area contributed by atoms with Crippen LogP contribution in [0.2, 0.25) is 0 Å². The minimum Gasteiger partial charge on any atom is -0.394 e. The lowest BCUT2D eigenvalue weighted by Gasteiger charge is -2.52. The van der Waals surface area contributed by atoms with Crippen molar-refractivity contribution < 1.29 is 82.9 Å². The molecule has 2 heterocycles. The van der Waals surface area contributed by atoms with E-state index in [2.05, 4.69) is 0 Å². The van der Waals surface area contributed by atoms with Gasteiger partial charge in [0.05, 0.1) is 31.9 Å². The number of aliphatic hydroxyl groups is 8. The van der Waals surface area contributed by atoms with E-state index in [0.717, 1.165) is 0 Å². The largest absolute Gasteiger partial charge is 0.394 e.